The lowest BCUT2D eigenvalue weighted by molar-refractivity contribution is 0.102. The summed E-state index contributed by atoms with van der Waals surface area (Å²) in [7, 11) is 4.42. The summed E-state index contributed by atoms with van der Waals surface area (Å²) in [4.78, 5) is 31.0. The number of aromatic nitrogens is 2. The van der Waals surface area contributed by atoms with E-state index in [0.29, 0.717) is 40.5 Å². The second-order valence-corrected chi connectivity index (χ2v) is 8.16. The maximum Gasteiger partial charge on any atom is 0.261 e. The number of nitrogens with zero attached hydrogens (tertiary/aromatic N) is 2. The summed E-state index contributed by atoms with van der Waals surface area (Å²) in [5.41, 5.74) is 1.75. The highest BCUT2D eigenvalue weighted by molar-refractivity contribution is 6.34. The highest BCUT2D eigenvalue weighted by atomic mass is 35.5. The van der Waals surface area contributed by atoms with Gasteiger partial charge in [-0.05, 0) is 36.8 Å². The molecule has 0 fully saturated rings. The molecule has 1 amide bonds. The van der Waals surface area contributed by atoms with Crippen molar-refractivity contribution in [2.75, 3.05) is 26.6 Å². The Balaban J connectivity index is 1.73. The molecule has 1 N–H and O–H groups in total. The molecule has 1 aromatic heterocycles. The summed E-state index contributed by atoms with van der Waals surface area (Å²) in [5.74, 6) is 1.15. The first-order valence-electron chi connectivity index (χ1n) is 10.7. The number of anilines is 1. The minimum atomic E-state index is -0.463. The van der Waals surface area contributed by atoms with Crippen LogP contribution in [0.4, 0.5) is 5.69 Å². The van der Waals surface area contributed by atoms with Gasteiger partial charge >= 0.3 is 0 Å². The van der Waals surface area contributed by atoms with Gasteiger partial charge in [-0.15, -0.1) is 0 Å². The van der Waals surface area contributed by atoms with Gasteiger partial charge in [0.1, 0.15) is 5.82 Å². The van der Waals surface area contributed by atoms with E-state index in [-0.39, 0.29) is 21.8 Å². The zero-order valence-electron chi connectivity index (χ0n) is 19.7. The van der Waals surface area contributed by atoms with Gasteiger partial charge in [-0.1, -0.05) is 41.9 Å². The SMILES string of the molecule is COc1cc(C(=O)Nc2cc3c(=O)n(Cc4ccccc4)c(C)nc3cc2Cl)cc(OC)c1OC. The monoisotopic (exact) mass is 493 g/mol. The first-order chi connectivity index (χ1) is 16.9. The molecule has 0 saturated carbocycles. The van der Waals surface area contributed by atoms with E-state index >= 15 is 0 Å². The molecule has 0 unspecified atom stereocenters. The number of fused-ring (bicyclic) bond motifs is 1. The fourth-order valence-electron chi connectivity index (χ4n) is 3.81. The van der Waals surface area contributed by atoms with Crippen molar-refractivity contribution in [1.82, 2.24) is 9.55 Å². The van der Waals surface area contributed by atoms with Crippen LogP contribution in [0.2, 0.25) is 5.02 Å². The van der Waals surface area contributed by atoms with Crippen LogP contribution >= 0.6 is 11.6 Å². The van der Waals surface area contributed by atoms with Crippen LogP contribution in [0, 0.1) is 6.92 Å². The van der Waals surface area contributed by atoms with Gasteiger partial charge in [0.2, 0.25) is 5.75 Å². The molecule has 3 aromatic carbocycles. The fraction of sp³-hybridized carbons (Fsp3) is 0.192. The number of rotatable bonds is 7. The Morgan fingerprint density at radius 1 is 1.00 bits per heavy atom. The van der Waals surface area contributed by atoms with Gasteiger partial charge in [0.15, 0.2) is 11.5 Å². The van der Waals surface area contributed by atoms with Crippen LogP contribution in [-0.4, -0.2) is 36.8 Å². The highest BCUT2D eigenvalue weighted by Crippen LogP contribution is 2.38. The lowest BCUT2D eigenvalue weighted by Crippen LogP contribution is -2.24. The van der Waals surface area contributed by atoms with E-state index in [4.69, 9.17) is 25.8 Å². The Kier molecular flexibility index (Phi) is 6.93. The van der Waals surface area contributed by atoms with E-state index in [9.17, 15) is 9.59 Å². The number of halogens is 1. The van der Waals surface area contributed by atoms with Crippen LogP contribution in [0.25, 0.3) is 10.9 Å². The topological polar surface area (TPSA) is 91.7 Å². The summed E-state index contributed by atoms with van der Waals surface area (Å²) in [6, 6.07) is 15.8. The molecule has 4 aromatic rings. The maximum absolute atomic E-state index is 13.3. The fourth-order valence-corrected chi connectivity index (χ4v) is 4.01. The Morgan fingerprint density at radius 2 is 1.66 bits per heavy atom. The van der Waals surface area contributed by atoms with Crippen LogP contribution in [0.3, 0.4) is 0 Å². The molecule has 0 radical (unpaired) electrons. The van der Waals surface area contributed by atoms with Crippen LogP contribution in [0.1, 0.15) is 21.7 Å². The summed E-state index contributed by atoms with van der Waals surface area (Å²) in [5, 5.41) is 3.37. The lowest BCUT2D eigenvalue weighted by Gasteiger charge is -2.15. The maximum atomic E-state index is 13.3. The smallest absolute Gasteiger partial charge is 0.261 e. The Morgan fingerprint density at radius 3 is 2.26 bits per heavy atom. The summed E-state index contributed by atoms with van der Waals surface area (Å²) < 4.78 is 17.6. The molecule has 1 heterocycles. The number of carbonyl (C=O) groups is 1. The molecule has 8 nitrogen and oxygen atoms in total. The van der Waals surface area contributed by atoms with Gasteiger partial charge in [0.05, 0.1) is 49.5 Å². The zero-order chi connectivity index (χ0) is 25.1. The van der Waals surface area contributed by atoms with Gasteiger partial charge < -0.3 is 19.5 Å². The average Bonchev–Trinajstić information content (AvgIpc) is 2.87. The number of aryl methyl sites for hydroxylation is 1. The summed E-state index contributed by atoms with van der Waals surface area (Å²) >= 11 is 6.44. The average molecular weight is 494 g/mol. The van der Waals surface area contributed by atoms with E-state index in [1.165, 1.54) is 33.5 Å². The number of nitrogens with one attached hydrogen (secondary N) is 1. The third kappa shape index (κ3) is 4.79. The zero-order valence-corrected chi connectivity index (χ0v) is 20.5. The van der Waals surface area contributed by atoms with E-state index in [2.05, 4.69) is 10.3 Å². The van der Waals surface area contributed by atoms with Gasteiger partial charge in [0, 0.05) is 5.56 Å². The van der Waals surface area contributed by atoms with Crippen molar-refractivity contribution in [3.05, 3.63) is 86.9 Å². The minimum absolute atomic E-state index is 0.226. The number of methoxy groups -OCH3 is 3. The third-order valence-electron chi connectivity index (χ3n) is 5.59. The van der Waals surface area contributed by atoms with Gasteiger partial charge in [-0.2, -0.15) is 0 Å². The van der Waals surface area contributed by atoms with Crippen LogP contribution in [0.5, 0.6) is 17.2 Å². The van der Waals surface area contributed by atoms with Crippen molar-refractivity contribution in [3.63, 3.8) is 0 Å². The number of ether oxygens (including phenoxy) is 3. The largest absolute Gasteiger partial charge is 0.493 e. The first-order valence-corrected chi connectivity index (χ1v) is 11.1. The van der Waals surface area contributed by atoms with Crippen molar-refractivity contribution in [1.29, 1.82) is 0 Å². The Labute approximate surface area is 207 Å². The molecule has 0 bridgehead atoms. The van der Waals surface area contributed by atoms with Crippen molar-refractivity contribution < 1.29 is 19.0 Å². The molecule has 35 heavy (non-hydrogen) atoms. The van der Waals surface area contributed by atoms with Crippen molar-refractivity contribution in [2.24, 2.45) is 0 Å². The first kappa shape index (κ1) is 24.1. The number of amides is 1. The normalized spacial score (nSPS) is 10.8. The third-order valence-corrected chi connectivity index (χ3v) is 5.91. The standard InChI is InChI=1S/C26H24ClN3O5/c1-15-28-20-13-19(27)21(12-18(20)26(32)30(15)14-16-8-6-5-7-9-16)29-25(31)17-10-22(33-2)24(35-4)23(11-17)34-3/h5-13H,14H2,1-4H3,(H,29,31). The van der Waals surface area contributed by atoms with Crippen LogP contribution in [-0.2, 0) is 6.54 Å². The quantitative estimate of drug-likeness (QED) is 0.402. The van der Waals surface area contributed by atoms with Gasteiger partial charge in [-0.25, -0.2) is 4.98 Å². The Hall–Kier alpha value is -4.04. The summed E-state index contributed by atoms with van der Waals surface area (Å²) in [6.45, 7) is 2.15. The molecule has 0 aliphatic rings. The summed E-state index contributed by atoms with van der Waals surface area (Å²) in [6.07, 6.45) is 0. The predicted molar refractivity (Wildman–Crippen MR) is 135 cm³/mol. The molecule has 4 rings (SSSR count). The van der Waals surface area contributed by atoms with E-state index in [0.717, 1.165) is 5.56 Å². The van der Waals surface area contributed by atoms with E-state index in [1.54, 1.807) is 23.6 Å². The second-order valence-electron chi connectivity index (χ2n) is 7.75. The molecular weight excluding hydrogens is 470 g/mol. The van der Waals surface area contributed by atoms with Crippen molar-refractivity contribution in [2.45, 2.75) is 13.5 Å². The Bertz CT molecular complexity index is 1440. The highest BCUT2D eigenvalue weighted by Gasteiger charge is 2.19. The van der Waals surface area contributed by atoms with Crippen LogP contribution in [0.15, 0.2) is 59.4 Å². The van der Waals surface area contributed by atoms with Gasteiger partial charge in [0.25, 0.3) is 11.5 Å². The number of hydrogen-bond donors (Lipinski definition) is 1. The molecule has 0 aliphatic heterocycles. The molecule has 9 heteroatoms. The number of carbonyl (C=O) groups excluding carboxylic acids is 1. The second kappa shape index (κ2) is 10.1. The number of hydrogen-bond acceptors (Lipinski definition) is 6. The molecule has 0 aliphatic carbocycles. The van der Waals surface area contributed by atoms with Crippen LogP contribution < -0.4 is 25.1 Å². The molecular formula is C26H24ClN3O5. The van der Waals surface area contributed by atoms with Crippen molar-refractivity contribution >= 4 is 34.1 Å². The molecule has 0 atom stereocenters. The molecule has 0 spiro atoms. The minimum Gasteiger partial charge on any atom is -0.493 e. The lowest BCUT2D eigenvalue weighted by atomic mass is 10.1. The molecule has 180 valence electrons. The van der Waals surface area contributed by atoms with Crippen molar-refractivity contribution in [3.8, 4) is 17.2 Å². The number of benzene rings is 3. The predicted octanol–water partition coefficient (Wildman–Crippen LogP) is 4.68. The van der Waals surface area contributed by atoms with Gasteiger partial charge in [-0.3, -0.25) is 14.2 Å². The van der Waals surface area contributed by atoms with E-state index in [1.807, 2.05) is 30.3 Å². The molecule has 0 saturated heterocycles. The van der Waals surface area contributed by atoms with E-state index < -0.39 is 5.91 Å².